The molecule has 1 saturated carbocycles. The summed E-state index contributed by atoms with van der Waals surface area (Å²) < 4.78 is 10.9. The number of ether oxygens (including phenoxy) is 2. The van der Waals surface area contributed by atoms with E-state index >= 15 is 0 Å². The third kappa shape index (κ3) is 3.99. The first-order chi connectivity index (χ1) is 8.67. The number of hydrogen-bond donors (Lipinski definition) is 2. The number of rotatable bonds is 7. The zero-order chi connectivity index (χ0) is 13.0. The third-order valence-electron chi connectivity index (χ3n) is 2.52. The van der Waals surface area contributed by atoms with Crippen molar-refractivity contribution >= 4 is 5.95 Å². The van der Waals surface area contributed by atoms with Gasteiger partial charge in [-0.25, -0.2) is 5.84 Å². The molecule has 7 heteroatoms. The molecule has 7 nitrogen and oxygen atoms in total. The van der Waals surface area contributed by atoms with Gasteiger partial charge in [-0.1, -0.05) is 12.8 Å². The van der Waals surface area contributed by atoms with Crippen molar-refractivity contribution in [2.24, 2.45) is 11.8 Å². The van der Waals surface area contributed by atoms with E-state index in [9.17, 15) is 0 Å². The van der Waals surface area contributed by atoms with Crippen LogP contribution in [0.4, 0.5) is 5.95 Å². The van der Waals surface area contributed by atoms with Crippen LogP contribution in [0.1, 0.15) is 33.1 Å². The van der Waals surface area contributed by atoms with E-state index in [0.29, 0.717) is 6.61 Å². The third-order valence-corrected chi connectivity index (χ3v) is 2.52. The summed E-state index contributed by atoms with van der Waals surface area (Å²) >= 11 is 0. The standard InChI is InChI=1S/C11H19N5O2/c1-7(2)18-11-14-9(16-12)13-10(15-11)17-6-5-8-3-4-8/h7-8H,3-6,12H2,1-2H3,(H,13,14,15,16). The second-order valence-electron chi connectivity index (χ2n) is 4.62. The van der Waals surface area contributed by atoms with Crippen LogP contribution in [0.15, 0.2) is 0 Å². The molecule has 0 bridgehead atoms. The fraction of sp³-hybridized carbons (Fsp3) is 0.727. The Morgan fingerprint density at radius 3 is 2.61 bits per heavy atom. The summed E-state index contributed by atoms with van der Waals surface area (Å²) in [6.45, 7) is 4.40. The minimum atomic E-state index is -0.0164. The summed E-state index contributed by atoms with van der Waals surface area (Å²) in [7, 11) is 0. The quantitative estimate of drug-likeness (QED) is 0.555. The number of nitrogen functional groups attached to an aromatic ring is 1. The summed E-state index contributed by atoms with van der Waals surface area (Å²) in [5.74, 6) is 6.34. The van der Waals surface area contributed by atoms with Gasteiger partial charge in [-0.15, -0.1) is 4.98 Å². The summed E-state index contributed by atoms with van der Waals surface area (Å²) in [6, 6.07) is 0.462. The first kappa shape index (κ1) is 12.8. The van der Waals surface area contributed by atoms with E-state index in [0.717, 1.165) is 12.3 Å². The van der Waals surface area contributed by atoms with Gasteiger partial charge >= 0.3 is 12.0 Å². The first-order valence-corrected chi connectivity index (χ1v) is 6.19. The Labute approximate surface area is 106 Å². The Kier molecular flexibility index (Phi) is 4.14. The number of hydrogen-bond acceptors (Lipinski definition) is 7. The monoisotopic (exact) mass is 253 g/mol. The second kappa shape index (κ2) is 5.81. The molecule has 100 valence electrons. The molecule has 1 aliphatic carbocycles. The highest BCUT2D eigenvalue weighted by atomic mass is 16.5. The van der Waals surface area contributed by atoms with Crippen molar-refractivity contribution in [2.75, 3.05) is 12.0 Å². The molecule has 1 heterocycles. The Morgan fingerprint density at radius 1 is 1.28 bits per heavy atom. The van der Waals surface area contributed by atoms with Crippen LogP contribution in [0, 0.1) is 5.92 Å². The van der Waals surface area contributed by atoms with Gasteiger partial charge in [0.1, 0.15) is 0 Å². The molecule has 1 aliphatic rings. The molecule has 0 aromatic carbocycles. The number of hydrazine groups is 1. The molecule has 0 atom stereocenters. The van der Waals surface area contributed by atoms with Gasteiger partial charge < -0.3 is 9.47 Å². The maximum atomic E-state index is 5.48. The number of nitrogens with two attached hydrogens (primary N) is 1. The second-order valence-corrected chi connectivity index (χ2v) is 4.62. The molecule has 0 amide bonds. The van der Waals surface area contributed by atoms with E-state index in [1.165, 1.54) is 12.8 Å². The van der Waals surface area contributed by atoms with Crippen molar-refractivity contribution in [1.29, 1.82) is 0 Å². The van der Waals surface area contributed by atoms with Crippen LogP contribution in [-0.4, -0.2) is 27.7 Å². The lowest BCUT2D eigenvalue weighted by Crippen LogP contribution is -2.15. The lowest BCUT2D eigenvalue weighted by molar-refractivity contribution is 0.212. The van der Waals surface area contributed by atoms with Crippen molar-refractivity contribution < 1.29 is 9.47 Å². The van der Waals surface area contributed by atoms with Gasteiger partial charge in [-0.3, -0.25) is 5.43 Å². The van der Waals surface area contributed by atoms with E-state index in [2.05, 4.69) is 20.4 Å². The summed E-state index contributed by atoms with van der Waals surface area (Å²) in [6.07, 6.45) is 3.63. The number of nitrogens with zero attached hydrogens (tertiary/aromatic N) is 3. The molecule has 18 heavy (non-hydrogen) atoms. The number of anilines is 1. The Bertz CT molecular complexity index is 395. The predicted molar refractivity (Wildman–Crippen MR) is 66.2 cm³/mol. The molecule has 2 rings (SSSR count). The van der Waals surface area contributed by atoms with Crippen LogP contribution in [-0.2, 0) is 0 Å². The van der Waals surface area contributed by atoms with Gasteiger partial charge in [0, 0.05) is 0 Å². The highest BCUT2D eigenvalue weighted by Gasteiger charge is 2.21. The van der Waals surface area contributed by atoms with Crippen LogP contribution >= 0.6 is 0 Å². The molecular formula is C11H19N5O2. The first-order valence-electron chi connectivity index (χ1n) is 6.19. The van der Waals surface area contributed by atoms with Gasteiger partial charge in [0.25, 0.3) is 0 Å². The maximum Gasteiger partial charge on any atom is 0.324 e. The van der Waals surface area contributed by atoms with Crippen LogP contribution in [0.2, 0.25) is 0 Å². The molecule has 1 fully saturated rings. The van der Waals surface area contributed by atoms with E-state index < -0.39 is 0 Å². The summed E-state index contributed by atoms with van der Waals surface area (Å²) in [4.78, 5) is 12.1. The number of aromatic nitrogens is 3. The fourth-order valence-electron chi connectivity index (χ4n) is 1.45. The van der Waals surface area contributed by atoms with Crippen LogP contribution in [0.3, 0.4) is 0 Å². The minimum absolute atomic E-state index is 0.0164. The average Bonchev–Trinajstić information content (AvgIpc) is 3.12. The van der Waals surface area contributed by atoms with E-state index in [-0.39, 0.29) is 24.1 Å². The number of nitrogens with one attached hydrogen (secondary N) is 1. The van der Waals surface area contributed by atoms with Crippen LogP contribution in [0.5, 0.6) is 12.0 Å². The lowest BCUT2D eigenvalue weighted by Gasteiger charge is -2.10. The fourth-order valence-corrected chi connectivity index (χ4v) is 1.45. The summed E-state index contributed by atoms with van der Waals surface area (Å²) in [5.41, 5.74) is 2.37. The highest BCUT2D eigenvalue weighted by Crippen LogP contribution is 2.32. The zero-order valence-corrected chi connectivity index (χ0v) is 10.7. The molecule has 3 N–H and O–H groups in total. The predicted octanol–water partition coefficient (Wildman–Crippen LogP) is 1.12. The maximum absolute atomic E-state index is 5.48. The lowest BCUT2D eigenvalue weighted by atomic mass is 10.3. The molecule has 0 unspecified atom stereocenters. The van der Waals surface area contributed by atoms with E-state index in [1.54, 1.807) is 0 Å². The van der Waals surface area contributed by atoms with Gasteiger partial charge in [0.15, 0.2) is 0 Å². The molecule has 0 radical (unpaired) electrons. The van der Waals surface area contributed by atoms with Crippen molar-refractivity contribution in [2.45, 2.75) is 39.2 Å². The van der Waals surface area contributed by atoms with E-state index in [1.807, 2.05) is 13.8 Å². The Hall–Kier alpha value is -1.63. The topological polar surface area (TPSA) is 95.2 Å². The highest BCUT2D eigenvalue weighted by molar-refractivity contribution is 5.25. The molecule has 0 saturated heterocycles. The van der Waals surface area contributed by atoms with Gasteiger partial charge in [0.05, 0.1) is 12.7 Å². The van der Waals surface area contributed by atoms with Crippen molar-refractivity contribution in [3.05, 3.63) is 0 Å². The molecule has 1 aromatic rings. The SMILES string of the molecule is CC(C)Oc1nc(NN)nc(OCCC2CC2)n1. The van der Waals surface area contributed by atoms with E-state index in [4.69, 9.17) is 15.3 Å². The molecule has 0 aliphatic heterocycles. The van der Waals surface area contributed by atoms with Crippen molar-refractivity contribution in [3.63, 3.8) is 0 Å². The molecular weight excluding hydrogens is 234 g/mol. The zero-order valence-electron chi connectivity index (χ0n) is 10.7. The van der Waals surface area contributed by atoms with Crippen molar-refractivity contribution in [1.82, 2.24) is 15.0 Å². The Balaban J connectivity index is 1.97. The van der Waals surface area contributed by atoms with Crippen LogP contribution in [0.25, 0.3) is 0 Å². The van der Waals surface area contributed by atoms with Gasteiger partial charge in [-0.05, 0) is 26.2 Å². The minimum Gasteiger partial charge on any atom is -0.463 e. The van der Waals surface area contributed by atoms with Gasteiger partial charge in [0.2, 0.25) is 5.95 Å². The normalized spacial score (nSPS) is 14.7. The smallest absolute Gasteiger partial charge is 0.324 e. The van der Waals surface area contributed by atoms with Crippen molar-refractivity contribution in [3.8, 4) is 12.0 Å². The largest absolute Gasteiger partial charge is 0.463 e. The Morgan fingerprint density at radius 2 is 2.00 bits per heavy atom. The van der Waals surface area contributed by atoms with Gasteiger partial charge in [-0.2, -0.15) is 9.97 Å². The summed E-state index contributed by atoms with van der Waals surface area (Å²) in [5, 5.41) is 0. The molecule has 1 aromatic heterocycles. The molecule has 0 spiro atoms. The van der Waals surface area contributed by atoms with Crippen LogP contribution < -0.4 is 20.7 Å². The average molecular weight is 253 g/mol.